The van der Waals surface area contributed by atoms with Crippen LogP contribution in [0.25, 0.3) is 0 Å². The highest BCUT2D eigenvalue weighted by Crippen LogP contribution is 2.46. The van der Waals surface area contributed by atoms with Crippen molar-refractivity contribution in [2.45, 2.75) is 26.8 Å². The van der Waals surface area contributed by atoms with E-state index in [0.717, 1.165) is 5.69 Å². The minimum atomic E-state index is -2.27. The minimum Gasteiger partial charge on any atom is -0.357 e. The van der Waals surface area contributed by atoms with Crippen LogP contribution in [0, 0.1) is 5.41 Å². The molecule has 0 bridgehead atoms. The molecule has 2 N–H and O–H groups in total. The second-order valence-electron chi connectivity index (χ2n) is 9.85. The van der Waals surface area contributed by atoms with Crippen molar-refractivity contribution in [3.63, 3.8) is 0 Å². The summed E-state index contributed by atoms with van der Waals surface area (Å²) in [5.41, 5.74) is 0.908. The topological polar surface area (TPSA) is 36.4 Å². The molecule has 4 aromatic rings. The minimum absolute atomic E-state index is 0.0386. The van der Waals surface area contributed by atoms with Gasteiger partial charge in [-0.15, -0.1) is 0 Å². The van der Waals surface area contributed by atoms with E-state index in [-0.39, 0.29) is 11.5 Å². The normalized spacial score (nSPS) is 12.4. The summed E-state index contributed by atoms with van der Waals surface area (Å²) in [6.45, 7) is 7.32. The van der Waals surface area contributed by atoms with Crippen LogP contribution in [-0.2, 0) is 0 Å². The van der Waals surface area contributed by atoms with Crippen molar-refractivity contribution in [2.75, 3.05) is 11.9 Å². The van der Waals surface area contributed by atoms with Gasteiger partial charge >= 0.3 is 0 Å². The Bertz CT molecular complexity index is 1200. The highest BCUT2D eigenvalue weighted by molar-refractivity contribution is 7.87. The fraction of sp³-hybridized carbons (Fsp3) is 0.194. The zero-order valence-corrected chi connectivity index (χ0v) is 22.8. The summed E-state index contributed by atoms with van der Waals surface area (Å²) >= 11 is 5.71. The second-order valence-corrected chi connectivity index (χ2v) is 13.4. The van der Waals surface area contributed by atoms with E-state index in [1.807, 2.05) is 30.3 Å². The molecular weight excluding hydrogens is 477 g/mol. The van der Waals surface area contributed by atoms with Crippen LogP contribution in [0.15, 0.2) is 126 Å². The van der Waals surface area contributed by atoms with Crippen molar-refractivity contribution < 1.29 is 0 Å². The average Bonchev–Trinajstić information content (AvgIpc) is 2.90. The number of hydrogen-bond acceptors (Lipinski definition) is 2. The van der Waals surface area contributed by atoms with Crippen LogP contribution in [0.1, 0.15) is 20.8 Å². The molecule has 0 radical (unpaired) electrons. The fourth-order valence-corrected chi connectivity index (χ4v) is 8.07. The van der Waals surface area contributed by atoms with E-state index in [4.69, 9.17) is 17.0 Å². The van der Waals surface area contributed by atoms with Crippen molar-refractivity contribution in [2.24, 2.45) is 10.2 Å². The van der Waals surface area contributed by atoms with Gasteiger partial charge in [0.05, 0.1) is 19.6 Å². The molecule has 0 aliphatic carbocycles. The van der Waals surface area contributed by atoms with Crippen molar-refractivity contribution in [1.82, 2.24) is 5.32 Å². The number of anilines is 1. The zero-order valence-electron chi connectivity index (χ0n) is 21.1. The number of nitrogens with one attached hydrogen (secondary N) is 2. The Morgan fingerprint density at radius 1 is 0.694 bits per heavy atom. The summed E-state index contributed by atoms with van der Waals surface area (Å²) in [6.07, 6.45) is 0. The molecule has 0 amide bonds. The molecule has 5 heteroatoms. The van der Waals surface area contributed by atoms with E-state index < -0.39 is 7.05 Å². The molecule has 0 spiro atoms. The van der Waals surface area contributed by atoms with Gasteiger partial charge in [0.15, 0.2) is 5.11 Å². The lowest BCUT2D eigenvalue weighted by atomic mass is 9.87. The van der Waals surface area contributed by atoms with Gasteiger partial charge in [0.25, 0.3) is 0 Å². The Hall–Kier alpha value is -3.20. The predicted octanol–water partition coefficient (Wildman–Crippen LogP) is 6.57. The van der Waals surface area contributed by atoms with Crippen molar-refractivity contribution in [1.29, 1.82) is 0 Å². The Morgan fingerprint density at radius 2 is 1.08 bits per heavy atom. The van der Waals surface area contributed by atoms with Crippen molar-refractivity contribution >= 4 is 46.0 Å². The summed E-state index contributed by atoms with van der Waals surface area (Å²) in [6, 6.07) is 42.3. The highest BCUT2D eigenvalue weighted by atomic mass is 32.1. The number of rotatable bonds is 7. The smallest absolute Gasteiger partial charge is 0.171 e. The number of benzene rings is 4. The standard InChI is InChI=1S/C31H34N3PS/c1-31(2,3)29(34-30(36)33-25-16-8-4-9-17-25)24-32-35(26-18-10-5-11-19-26,27-20-12-6-13-21-27)28-22-14-7-15-23-28/h4-23,29H,24H2,1-3H3,(H2,33,34,36)/t29-/m1/s1. The number of para-hydroxylation sites is 1. The molecule has 1 atom stereocenters. The Morgan fingerprint density at radius 3 is 1.47 bits per heavy atom. The lowest BCUT2D eigenvalue weighted by Gasteiger charge is -2.34. The molecule has 184 valence electrons. The Kier molecular flexibility index (Phi) is 8.40. The average molecular weight is 512 g/mol. The van der Waals surface area contributed by atoms with Crippen LogP contribution in [-0.4, -0.2) is 17.7 Å². The third kappa shape index (κ3) is 6.13. The van der Waals surface area contributed by atoms with Crippen LogP contribution < -0.4 is 26.5 Å². The van der Waals surface area contributed by atoms with Crippen LogP contribution in [0.3, 0.4) is 0 Å². The molecular formula is C31H34N3PS. The quantitative estimate of drug-likeness (QED) is 0.218. The van der Waals surface area contributed by atoms with Crippen LogP contribution in [0.2, 0.25) is 0 Å². The molecule has 36 heavy (non-hydrogen) atoms. The van der Waals surface area contributed by atoms with E-state index in [2.05, 4.69) is 122 Å². The van der Waals surface area contributed by atoms with Gasteiger partial charge in [-0.2, -0.15) is 0 Å². The van der Waals surface area contributed by atoms with Gasteiger partial charge in [0, 0.05) is 21.6 Å². The third-order valence-corrected chi connectivity index (χ3v) is 10.2. The number of nitrogens with zero attached hydrogens (tertiary/aromatic N) is 1. The second kappa shape index (κ2) is 11.7. The molecule has 0 aliphatic heterocycles. The maximum atomic E-state index is 5.71. The summed E-state index contributed by atoms with van der Waals surface area (Å²) in [5.74, 6) is 0. The van der Waals surface area contributed by atoms with E-state index in [0.29, 0.717) is 11.7 Å². The van der Waals surface area contributed by atoms with E-state index >= 15 is 0 Å². The van der Waals surface area contributed by atoms with Gasteiger partial charge in [-0.05, 0) is 29.8 Å². The number of thiocarbonyl (C=S) groups is 1. The summed E-state index contributed by atoms with van der Waals surface area (Å²) in [4.78, 5) is 0. The Balaban J connectivity index is 1.79. The zero-order chi connectivity index (χ0) is 25.4. The third-order valence-electron chi connectivity index (χ3n) is 6.25. The van der Waals surface area contributed by atoms with Gasteiger partial charge in [0.1, 0.15) is 0 Å². The van der Waals surface area contributed by atoms with Crippen LogP contribution in [0.4, 0.5) is 5.69 Å². The molecule has 3 nitrogen and oxygen atoms in total. The molecule has 0 aliphatic rings. The molecule has 4 rings (SSSR count). The maximum Gasteiger partial charge on any atom is 0.171 e. The molecule has 0 unspecified atom stereocenters. The summed E-state index contributed by atoms with van der Waals surface area (Å²) in [5, 5.41) is 11.3. The summed E-state index contributed by atoms with van der Waals surface area (Å²) < 4.78 is 5.65. The molecule has 0 saturated carbocycles. The van der Waals surface area contributed by atoms with E-state index in [1.165, 1.54) is 15.9 Å². The highest BCUT2D eigenvalue weighted by Gasteiger charge is 2.30. The maximum absolute atomic E-state index is 5.71. The molecule has 0 saturated heterocycles. The van der Waals surface area contributed by atoms with Gasteiger partial charge < -0.3 is 10.6 Å². The predicted molar refractivity (Wildman–Crippen MR) is 161 cm³/mol. The SMILES string of the molecule is CC(C)(C)[C@@H](CN=P(c1ccccc1)(c1ccccc1)c1ccccc1)NC(=S)Nc1ccccc1. The first kappa shape index (κ1) is 25.9. The molecule has 0 heterocycles. The monoisotopic (exact) mass is 511 g/mol. The van der Waals surface area contributed by atoms with Gasteiger partial charge in [-0.1, -0.05) is 130 Å². The van der Waals surface area contributed by atoms with E-state index in [1.54, 1.807) is 0 Å². The van der Waals surface area contributed by atoms with Gasteiger partial charge in [0.2, 0.25) is 0 Å². The van der Waals surface area contributed by atoms with E-state index in [9.17, 15) is 0 Å². The van der Waals surface area contributed by atoms with Crippen LogP contribution in [0.5, 0.6) is 0 Å². The lowest BCUT2D eigenvalue weighted by molar-refractivity contribution is 0.304. The first-order valence-electron chi connectivity index (χ1n) is 12.3. The Labute approximate surface area is 221 Å². The molecule has 0 fully saturated rings. The number of hydrogen-bond donors (Lipinski definition) is 2. The summed E-state index contributed by atoms with van der Waals surface area (Å²) in [7, 11) is -2.27. The molecule has 4 aromatic carbocycles. The first-order valence-corrected chi connectivity index (χ1v) is 14.4. The lowest BCUT2D eigenvalue weighted by Crippen LogP contribution is -2.47. The largest absolute Gasteiger partial charge is 0.357 e. The van der Waals surface area contributed by atoms with Crippen molar-refractivity contribution in [3.8, 4) is 0 Å². The first-order chi connectivity index (χ1) is 17.4. The van der Waals surface area contributed by atoms with Gasteiger partial charge in [-0.3, -0.25) is 4.74 Å². The van der Waals surface area contributed by atoms with Crippen LogP contribution >= 0.6 is 19.3 Å². The fourth-order valence-electron chi connectivity index (χ4n) is 4.21. The van der Waals surface area contributed by atoms with Gasteiger partial charge in [-0.25, -0.2) is 0 Å². The van der Waals surface area contributed by atoms with Crippen molar-refractivity contribution in [3.05, 3.63) is 121 Å². The molecule has 0 aromatic heterocycles.